The van der Waals surface area contributed by atoms with Crippen molar-refractivity contribution in [3.63, 3.8) is 0 Å². The van der Waals surface area contributed by atoms with Crippen molar-refractivity contribution < 1.29 is 4.79 Å². The first-order valence-corrected chi connectivity index (χ1v) is 6.98. The van der Waals surface area contributed by atoms with Crippen LogP contribution < -0.4 is 10.9 Å². The number of anilines is 1. The van der Waals surface area contributed by atoms with Crippen LogP contribution in [0.4, 0.5) is 5.69 Å². The quantitative estimate of drug-likeness (QED) is 0.837. The summed E-state index contributed by atoms with van der Waals surface area (Å²) in [7, 11) is 0. The first-order valence-electron chi connectivity index (χ1n) is 5.43. The topological polar surface area (TPSA) is 64.0 Å². The van der Waals surface area contributed by atoms with Crippen LogP contribution in [0.1, 0.15) is 0 Å². The fraction of sp³-hybridized carbons (Fsp3) is 0.0833. The van der Waals surface area contributed by atoms with Crippen LogP contribution in [-0.2, 0) is 11.3 Å². The molecule has 0 radical (unpaired) electrons. The number of hydrogen-bond acceptors (Lipinski definition) is 3. The molecule has 2 rings (SSSR count). The Morgan fingerprint density at radius 2 is 2.15 bits per heavy atom. The number of rotatable bonds is 3. The average Bonchev–Trinajstić information content (AvgIpc) is 2.39. The number of aromatic nitrogens is 2. The van der Waals surface area contributed by atoms with E-state index in [0.717, 1.165) is 9.04 Å². The molecule has 0 aliphatic rings. The van der Waals surface area contributed by atoms with Gasteiger partial charge in [0.2, 0.25) is 5.91 Å². The van der Waals surface area contributed by atoms with Gasteiger partial charge in [0.05, 0.1) is 6.33 Å². The molecule has 0 spiro atoms. The minimum Gasteiger partial charge on any atom is -0.324 e. The zero-order valence-corrected chi connectivity index (χ0v) is 13.0. The molecule has 8 heteroatoms. The van der Waals surface area contributed by atoms with Gasteiger partial charge < -0.3 is 5.32 Å². The van der Waals surface area contributed by atoms with Gasteiger partial charge in [-0.05, 0) is 18.2 Å². The maximum atomic E-state index is 11.9. The molecule has 0 fully saturated rings. The van der Waals surface area contributed by atoms with Gasteiger partial charge >= 0.3 is 0 Å². The number of hydrogen-bond donors (Lipinski definition) is 1. The molecule has 0 saturated carbocycles. The Hall–Kier alpha value is -1.37. The van der Waals surface area contributed by atoms with Gasteiger partial charge in [0.25, 0.3) is 5.56 Å². The molecule has 2 aromatic rings. The minimum absolute atomic E-state index is 0.0830. The number of amides is 1. The van der Waals surface area contributed by atoms with Gasteiger partial charge in [0.1, 0.15) is 11.6 Å². The van der Waals surface area contributed by atoms with Gasteiger partial charge in [-0.25, -0.2) is 4.98 Å². The summed E-state index contributed by atoms with van der Waals surface area (Å²) in [5, 5.41) is 2.37. The van der Waals surface area contributed by atoms with Gasteiger partial charge in [-0.15, -0.1) is 0 Å². The molecule has 0 bridgehead atoms. The molecule has 0 saturated heterocycles. The van der Waals surface area contributed by atoms with Gasteiger partial charge in [-0.3, -0.25) is 14.2 Å². The molecular weight excluding hydrogens is 369 g/mol. The van der Waals surface area contributed by atoms with E-state index in [1.807, 2.05) is 6.07 Å². The number of halogens is 3. The van der Waals surface area contributed by atoms with Crippen molar-refractivity contribution in [2.45, 2.75) is 6.54 Å². The maximum Gasteiger partial charge on any atom is 0.274 e. The predicted molar refractivity (Wildman–Crippen MR) is 81.3 cm³/mol. The van der Waals surface area contributed by atoms with E-state index in [1.165, 1.54) is 6.33 Å². The van der Waals surface area contributed by atoms with Crippen molar-refractivity contribution in [3.05, 3.63) is 55.6 Å². The van der Waals surface area contributed by atoms with Crippen LogP contribution in [0, 0.1) is 0 Å². The van der Waals surface area contributed by atoms with Crippen molar-refractivity contribution in [1.82, 2.24) is 9.55 Å². The number of benzene rings is 1. The highest BCUT2D eigenvalue weighted by Crippen LogP contribution is 2.16. The second-order valence-corrected chi connectivity index (χ2v) is 5.49. The van der Waals surface area contributed by atoms with E-state index in [2.05, 4.69) is 26.2 Å². The van der Waals surface area contributed by atoms with Crippen LogP contribution in [0.25, 0.3) is 0 Å². The lowest BCUT2D eigenvalue weighted by molar-refractivity contribution is -0.116. The lowest BCUT2D eigenvalue weighted by Gasteiger charge is -2.08. The summed E-state index contributed by atoms with van der Waals surface area (Å²) < 4.78 is 1.92. The summed E-state index contributed by atoms with van der Waals surface area (Å²) in [6.07, 6.45) is 1.18. The smallest absolute Gasteiger partial charge is 0.274 e. The van der Waals surface area contributed by atoms with Gasteiger partial charge in [0, 0.05) is 10.2 Å². The van der Waals surface area contributed by atoms with E-state index in [9.17, 15) is 9.59 Å². The molecule has 0 atom stereocenters. The van der Waals surface area contributed by atoms with Gasteiger partial charge in [-0.1, -0.05) is 45.2 Å². The van der Waals surface area contributed by atoms with E-state index in [1.54, 1.807) is 18.2 Å². The third-order valence-electron chi connectivity index (χ3n) is 2.36. The molecule has 1 N–H and O–H groups in total. The highest BCUT2D eigenvalue weighted by Gasteiger charge is 2.10. The highest BCUT2D eigenvalue weighted by molar-refractivity contribution is 9.10. The second kappa shape index (κ2) is 6.39. The Bertz CT molecular complexity index is 718. The van der Waals surface area contributed by atoms with Gasteiger partial charge in [0.15, 0.2) is 5.15 Å². The van der Waals surface area contributed by atoms with Crippen LogP contribution in [-0.4, -0.2) is 15.5 Å². The first kappa shape index (κ1) is 15.0. The summed E-state index contributed by atoms with van der Waals surface area (Å²) in [5.74, 6) is -0.370. The number of nitrogens with zero attached hydrogens (tertiary/aromatic N) is 2. The van der Waals surface area contributed by atoms with Crippen LogP contribution >= 0.6 is 39.1 Å². The Labute approximate surface area is 132 Å². The molecule has 0 aliphatic heterocycles. The average molecular weight is 377 g/mol. The van der Waals surface area contributed by atoms with Crippen LogP contribution in [0.5, 0.6) is 0 Å². The van der Waals surface area contributed by atoms with Crippen molar-refractivity contribution in [2.75, 3.05) is 5.32 Å². The Morgan fingerprint density at radius 1 is 1.40 bits per heavy atom. The van der Waals surface area contributed by atoms with Crippen molar-refractivity contribution in [1.29, 1.82) is 0 Å². The second-order valence-electron chi connectivity index (χ2n) is 3.84. The van der Waals surface area contributed by atoms with Crippen molar-refractivity contribution >= 4 is 50.7 Å². The van der Waals surface area contributed by atoms with E-state index in [4.69, 9.17) is 23.2 Å². The van der Waals surface area contributed by atoms with Crippen LogP contribution in [0.2, 0.25) is 10.2 Å². The van der Waals surface area contributed by atoms with Crippen molar-refractivity contribution in [2.24, 2.45) is 0 Å². The van der Waals surface area contributed by atoms with Gasteiger partial charge in [-0.2, -0.15) is 0 Å². The van der Waals surface area contributed by atoms with Crippen LogP contribution in [0.3, 0.4) is 0 Å². The molecule has 104 valence electrons. The van der Waals surface area contributed by atoms with E-state index < -0.39 is 5.56 Å². The van der Waals surface area contributed by atoms with E-state index >= 15 is 0 Å². The Kier molecular flexibility index (Phi) is 4.80. The molecule has 0 unspecified atom stereocenters. The fourth-order valence-corrected chi connectivity index (χ4v) is 2.16. The monoisotopic (exact) mass is 375 g/mol. The summed E-state index contributed by atoms with van der Waals surface area (Å²) in [6.45, 7) is -0.199. The van der Waals surface area contributed by atoms with Crippen LogP contribution in [0.15, 0.2) is 39.9 Å². The third kappa shape index (κ3) is 3.59. The fourth-order valence-electron chi connectivity index (χ4n) is 1.48. The Morgan fingerprint density at radius 3 is 2.85 bits per heavy atom. The third-order valence-corrected chi connectivity index (χ3v) is 3.58. The summed E-state index contributed by atoms with van der Waals surface area (Å²) >= 11 is 14.6. The van der Waals surface area contributed by atoms with E-state index in [0.29, 0.717) is 5.69 Å². The zero-order valence-electron chi connectivity index (χ0n) is 9.94. The summed E-state index contributed by atoms with van der Waals surface area (Å²) in [4.78, 5) is 27.3. The summed E-state index contributed by atoms with van der Waals surface area (Å²) in [6, 6.07) is 7.10. The molecule has 1 aromatic carbocycles. The normalized spacial score (nSPS) is 10.3. The number of carbonyl (C=O) groups is 1. The Balaban J connectivity index is 2.13. The largest absolute Gasteiger partial charge is 0.324 e. The minimum atomic E-state index is -0.559. The standard InChI is InChI=1S/C12H8BrCl2N3O2/c13-7-2-1-3-8(4-7)17-9(19)5-18-6-16-11(15)10(14)12(18)20/h1-4,6H,5H2,(H,17,19). The lowest BCUT2D eigenvalue weighted by Crippen LogP contribution is -2.28. The van der Waals surface area contributed by atoms with E-state index in [-0.39, 0.29) is 22.6 Å². The molecule has 0 aliphatic carbocycles. The molecule has 1 aromatic heterocycles. The maximum absolute atomic E-state index is 11.9. The highest BCUT2D eigenvalue weighted by atomic mass is 79.9. The number of nitrogens with one attached hydrogen (secondary N) is 1. The SMILES string of the molecule is O=C(Cn1cnc(Cl)c(Cl)c1=O)Nc1cccc(Br)c1. The predicted octanol–water partition coefficient (Wildman–Crippen LogP) is 2.95. The molecule has 20 heavy (non-hydrogen) atoms. The molecule has 1 heterocycles. The lowest BCUT2D eigenvalue weighted by atomic mass is 10.3. The zero-order chi connectivity index (χ0) is 14.7. The summed E-state index contributed by atoms with van der Waals surface area (Å²) in [5.41, 5.74) is 0.0569. The first-order chi connectivity index (χ1) is 9.47. The van der Waals surface area contributed by atoms with Crippen molar-refractivity contribution in [3.8, 4) is 0 Å². The molecule has 5 nitrogen and oxygen atoms in total. The molecular formula is C12H8BrCl2N3O2. The molecule has 1 amide bonds. The number of carbonyl (C=O) groups excluding carboxylic acids is 1.